The van der Waals surface area contributed by atoms with Gasteiger partial charge in [0, 0.05) is 12.1 Å². The predicted octanol–water partition coefficient (Wildman–Crippen LogP) is -0.854. The van der Waals surface area contributed by atoms with Crippen LogP contribution in [0.4, 0.5) is 0 Å². The molecule has 2 saturated heterocycles. The monoisotopic (exact) mass is 624 g/mol. The number of hydrogen-bond donors (Lipinski definition) is 7. The number of carbonyl (C=O) groups is 1. The number of ether oxygens (including phenoxy) is 7. The molecule has 0 unspecified atom stereocenters. The highest BCUT2D eigenvalue weighted by molar-refractivity contribution is 6.02. The van der Waals surface area contributed by atoms with E-state index in [9.17, 15) is 40.5 Å². The third kappa shape index (κ3) is 6.15. The first kappa shape index (κ1) is 32.2. The summed E-state index contributed by atoms with van der Waals surface area (Å²) in [5, 5.41) is 72.3. The lowest BCUT2D eigenvalue weighted by molar-refractivity contribution is -0.318. The number of phenolic OH excluding ortho intramolecular Hbond substituents is 1. The third-order valence-corrected chi connectivity index (χ3v) is 7.91. The molecule has 0 bridgehead atoms. The van der Waals surface area contributed by atoms with Gasteiger partial charge in [-0.15, -0.1) is 0 Å². The van der Waals surface area contributed by atoms with Crippen molar-refractivity contribution in [3.63, 3.8) is 0 Å². The lowest BCUT2D eigenvalue weighted by Gasteiger charge is -2.42. The fourth-order valence-corrected chi connectivity index (χ4v) is 5.35. The Hall–Kier alpha value is -3.25. The zero-order chi connectivity index (χ0) is 31.9. The summed E-state index contributed by atoms with van der Waals surface area (Å²) in [4.78, 5) is 13.0. The number of benzene rings is 2. The van der Waals surface area contributed by atoms with Crippen molar-refractivity contribution < 1.29 is 73.7 Å². The fourth-order valence-electron chi connectivity index (χ4n) is 5.35. The van der Waals surface area contributed by atoms with Gasteiger partial charge in [-0.3, -0.25) is 4.79 Å². The minimum Gasteiger partial charge on any atom is -0.507 e. The van der Waals surface area contributed by atoms with Gasteiger partial charge in [0.25, 0.3) is 0 Å². The Balaban J connectivity index is 1.31. The van der Waals surface area contributed by atoms with E-state index in [4.69, 9.17) is 33.2 Å². The maximum atomic E-state index is 13.0. The lowest BCUT2D eigenvalue weighted by Crippen LogP contribution is -2.61. The quantitative estimate of drug-likeness (QED) is 0.190. The zero-order valence-electron chi connectivity index (χ0n) is 24.0. The molecule has 2 aromatic carbocycles. The SMILES string of the molecule is COc1ccc([C@@H]2CC(=O)c3c(O)cc(O[C@@H]4O[C@H](CO[C@@H]5O[C@@H](C)[C@H](O)[C@@H](O)[C@H]5O)[C@@H](O)[C@H](O)[C@H]4O)cc3O2)cc1OC. The number of Topliss-reactive ketones (excluding diaryl/α,β-unsaturated/α-hetero) is 1. The molecule has 3 aliphatic rings. The molecular formula is C29H36O15. The van der Waals surface area contributed by atoms with Crippen LogP contribution in [0.15, 0.2) is 30.3 Å². The van der Waals surface area contributed by atoms with Crippen LogP contribution in [0.1, 0.15) is 35.4 Å². The second-order valence-corrected chi connectivity index (χ2v) is 10.8. The van der Waals surface area contributed by atoms with Crippen LogP contribution >= 0.6 is 0 Å². The minimum absolute atomic E-state index is 0.0000931. The smallest absolute Gasteiger partial charge is 0.229 e. The van der Waals surface area contributed by atoms with Gasteiger partial charge < -0.3 is 68.9 Å². The maximum absolute atomic E-state index is 13.0. The van der Waals surface area contributed by atoms with Crippen molar-refractivity contribution in [1.82, 2.24) is 0 Å². The second-order valence-electron chi connectivity index (χ2n) is 10.8. The molecule has 44 heavy (non-hydrogen) atoms. The largest absolute Gasteiger partial charge is 0.507 e. The summed E-state index contributed by atoms with van der Waals surface area (Å²) in [6, 6.07) is 7.50. The molecule has 0 saturated carbocycles. The second kappa shape index (κ2) is 13.0. The number of carbonyl (C=O) groups excluding carboxylic acids is 1. The Labute approximate surface area is 251 Å². The van der Waals surface area contributed by atoms with E-state index in [1.807, 2.05) is 0 Å². The van der Waals surface area contributed by atoms with E-state index in [0.717, 1.165) is 6.07 Å². The molecule has 0 aliphatic carbocycles. The van der Waals surface area contributed by atoms with Crippen LogP contribution in [-0.2, 0) is 14.2 Å². The third-order valence-electron chi connectivity index (χ3n) is 7.91. The van der Waals surface area contributed by atoms with Gasteiger partial charge in [0.1, 0.15) is 71.6 Å². The summed E-state index contributed by atoms with van der Waals surface area (Å²) < 4.78 is 38.9. The molecule has 7 N–H and O–H groups in total. The molecule has 0 spiro atoms. The van der Waals surface area contributed by atoms with Crippen LogP contribution < -0.4 is 18.9 Å². The van der Waals surface area contributed by atoms with Crippen molar-refractivity contribution in [1.29, 1.82) is 0 Å². The standard InChI is InChI=1S/C29H36O15/c1-11-22(32)24(34)26(36)28(41-11)40-10-20-23(33)25(35)27(37)29(44-20)42-13-7-14(30)21-15(31)9-17(43-19(21)8-13)12-4-5-16(38-2)18(6-12)39-3/h4-8,11,17,20,22-30,32-37H,9-10H2,1-3H3/t11-,17-,20+,22-,23+,24+,25-,26+,27+,28+,29+/m0/s1. The van der Waals surface area contributed by atoms with E-state index in [1.165, 1.54) is 27.2 Å². The van der Waals surface area contributed by atoms with Crippen molar-refractivity contribution in [2.24, 2.45) is 0 Å². The normalized spacial score (nSPS) is 35.4. The van der Waals surface area contributed by atoms with Crippen LogP contribution in [0, 0.1) is 0 Å². The van der Waals surface area contributed by atoms with Crippen LogP contribution in [0.3, 0.4) is 0 Å². The Morgan fingerprint density at radius 1 is 0.818 bits per heavy atom. The molecule has 3 heterocycles. The van der Waals surface area contributed by atoms with E-state index in [2.05, 4.69) is 0 Å². The summed E-state index contributed by atoms with van der Waals surface area (Å²) in [5.74, 6) is -0.00697. The number of ketones is 1. The number of phenols is 1. The van der Waals surface area contributed by atoms with Gasteiger partial charge in [0.15, 0.2) is 23.6 Å². The number of fused-ring (bicyclic) bond motifs is 1. The highest BCUT2D eigenvalue weighted by Crippen LogP contribution is 2.43. The highest BCUT2D eigenvalue weighted by atomic mass is 16.7. The summed E-state index contributed by atoms with van der Waals surface area (Å²) in [6.45, 7) is 0.982. The molecule has 11 atom stereocenters. The molecule has 0 aromatic heterocycles. The van der Waals surface area contributed by atoms with Crippen molar-refractivity contribution >= 4 is 5.78 Å². The molecule has 2 aromatic rings. The number of hydrogen-bond acceptors (Lipinski definition) is 15. The summed E-state index contributed by atoms with van der Waals surface area (Å²) in [7, 11) is 2.97. The van der Waals surface area contributed by atoms with E-state index < -0.39 is 79.9 Å². The maximum Gasteiger partial charge on any atom is 0.229 e. The Kier molecular flexibility index (Phi) is 9.50. The van der Waals surface area contributed by atoms with Crippen molar-refractivity contribution in [2.45, 2.75) is 80.9 Å². The first-order valence-electron chi connectivity index (χ1n) is 13.9. The first-order valence-corrected chi connectivity index (χ1v) is 13.9. The molecule has 242 valence electrons. The molecule has 0 amide bonds. The predicted molar refractivity (Wildman–Crippen MR) is 146 cm³/mol. The Morgan fingerprint density at radius 3 is 2.20 bits per heavy atom. The molecule has 15 heteroatoms. The Morgan fingerprint density at radius 2 is 1.50 bits per heavy atom. The number of methoxy groups -OCH3 is 2. The molecule has 2 fully saturated rings. The van der Waals surface area contributed by atoms with Gasteiger partial charge in [-0.1, -0.05) is 6.07 Å². The average Bonchev–Trinajstić information content (AvgIpc) is 3.01. The number of aliphatic hydroxyl groups excluding tert-OH is 6. The molecule has 0 radical (unpaired) electrons. The summed E-state index contributed by atoms with van der Waals surface area (Å²) >= 11 is 0. The van der Waals surface area contributed by atoms with Crippen LogP contribution in [0.25, 0.3) is 0 Å². The van der Waals surface area contributed by atoms with Crippen molar-refractivity contribution in [2.75, 3.05) is 20.8 Å². The van der Waals surface area contributed by atoms with Crippen molar-refractivity contribution in [3.05, 3.63) is 41.5 Å². The van der Waals surface area contributed by atoms with Gasteiger partial charge >= 0.3 is 0 Å². The summed E-state index contributed by atoms with van der Waals surface area (Å²) in [6.07, 6.45) is -15.7. The van der Waals surface area contributed by atoms with Gasteiger partial charge in [-0.25, -0.2) is 0 Å². The van der Waals surface area contributed by atoms with Crippen LogP contribution in [0.2, 0.25) is 0 Å². The van der Waals surface area contributed by atoms with E-state index >= 15 is 0 Å². The highest BCUT2D eigenvalue weighted by Gasteiger charge is 2.47. The van der Waals surface area contributed by atoms with E-state index in [-0.39, 0.29) is 29.3 Å². The average molecular weight is 625 g/mol. The van der Waals surface area contributed by atoms with E-state index in [1.54, 1.807) is 18.2 Å². The fraction of sp³-hybridized carbons (Fsp3) is 0.552. The molecule has 3 aliphatic heterocycles. The van der Waals surface area contributed by atoms with Crippen molar-refractivity contribution in [3.8, 4) is 28.7 Å². The summed E-state index contributed by atoms with van der Waals surface area (Å²) in [5.41, 5.74) is 0.551. The Bertz CT molecular complexity index is 1340. The van der Waals surface area contributed by atoms with Gasteiger partial charge in [-0.05, 0) is 24.6 Å². The van der Waals surface area contributed by atoms with Gasteiger partial charge in [0.05, 0.1) is 33.4 Å². The number of aromatic hydroxyl groups is 1. The zero-order valence-corrected chi connectivity index (χ0v) is 24.0. The molecular weight excluding hydrogens is 588 g/mol. The molecule has 15 nitrogen and oxygen atoms in total. The number of rotatable bonds is 8. The van der Waals surface area contributed by atoms with Crippen LogP contribution in [0.5, 0.6) is 28.7 Å². The van der Waals surface area contributed by atoms with Gasteiger partial charge in [-0.2, -0.15) is 0 Å². The first-order chi connectivity index (χ1) is 20.9. The topological polar surface area (TPSA) is 223 Å². The molecule has 5 rings (SSSR count). The van der Waals surface area contributed by atoms with Gasteiger partial charge in [0.2, 0.25) is 6.29 Å². The van der Waals surface area contributed by atoms with E-state index in [0.29, 0.717) is 17.1 Å². The number of aliphatic hydroxyl groups is 6. The van der Waals surface area contributed by atoms with Crippen LogP contribution in [-0.4, -0.2) is 124 Å². The minimum atomic E-state index is -1.76. The lowest BCUT2D eigenvalue weighted by atomic mass is 9.95.